The molecule has 0 aromatic carbocycles. The summed E-state index contributed by atoms with van der Waals surface area (Å²) in [4.78, 5) is 17.5. The number of nitrogens with zero attached hydrogens (tertiary/aromatic N) is 1. The van der Waals surface area contributed by atoms with Crippen LogP contribution in [-0.4, -0.2) is 29.3 Å². The number of ether oxygens (including phenoxy) is 2. The van der Waals surface area contributed by atoms with Gasteiger partial charge < -0.3 is 14.5 Å². The summed E-state index contributed by atoms with van der Waals surface area (Å²) >= 11 is 0. The van der Waals surface area contributed by atoms with Crippen molar-refractivity contribution >= 4 is 0 Å². The molecule has 2 unspecified atom stereocenters. The third kappa shape index (κ3) is 2.82. The van der Waals surface area contributed by atoms with Gasteiger partial charge in [-0.05, 0) is 19.3 Å². The molecule has 1 aliphatic rings. The van der Waals surface area contributed by atoms with Gasteiger partial charge in [0.25, 0.3) is 5.56 Å². The lowest BCUT2D eigenvalue weighted by atomic mass is 9.95. The molecule has 0 bridgehead atoms. The van der Waals surface area contributed by atoms with Crippen LogP contribution in [0.5, 0.6) is 5.88 Å². The molecular formula is C11H16N2O3. The zero-order valence-corrected chi connectivity index (χ0v) is 9.31. The van der Waals surface area contributed by atoms with Crippen LogP contribution in [0.1, 0.15) is 25.7 Å². The van der Waals surface area contributed by atoms with Crippen molar-refractivity contribution in [3.63, 3.8) is 0 Å². The molecule has 5 nitrogen and oxygen atoms in total. The first-order chi connectivity index (χ1) is 7.78. The van der Waals surface area contributed by atoms with E-state index in [0.29, 0.717) is 5.88 Å². The predicted molar refractivity (Wildman–Crippen MR) is 58.5 cm³/mol. The van der Waals surface area contributed by atoms with E-state index in [4.69, 9.17) is 9.47 Å². The normalized spacial score (nSPS) is 25.3. The number of methoxy groups -OCH3 is 1. The van der Waals surface area contributed by atoms with Crippen LogP contribution in [-0.2, 0) is 4.74 Å². The molecule has 2 atom stereocenters. The Balaban J connectivity index is 1.96. The zero-order chi connectivity index (χ0) is 11.4. The lowest BCUT2D eigenvalue weighted by Gasteiger charge is -2.28. The average Bonchev–Trinajstić information content (AvgIpc) is 2.29. The molecule has 1 fully saturated rings. The van der Waals surface area contributed by atoms with E-state index in [1.54, 1.807) is 7.11 Å². The molecule has 1 N–H and O–H groups in total. The number of aromatic nitrogens is 2. The molecule has 16 heavy (non-hydrogen) atoms. The molecule has 1 saturated carbocycles. The van der Waals surface area contributed by atoms with Gasteiger partial charge in [0.2, 0.25) is 5.88 Å². The van der Waals surface area contributed by atoms with Gasteiger partial charge in [-0.1, -0.05) is 0 Å². The van der Waals surface area contributed by atoms with Crippen LogP contribution in [0.15, 0.2) is 17.2 Å². The molecule has 0 amide bonds. The van der Waals surface area contributed by atoms with Crippen LogP contribution >= 0.6 is 0 Å². The Morgan fingerprint density at radius 3 is 3.00 bits per heavy atom. The topological polar surface area (TPSA) is 64.2 Å². The van der Waals surface area contributed by atoms with Gasteiger partial charge in [-0.2, -0.15) is 0 Å². The van der Waals surface area contributed by atoms with Crippen molar-refractivity contribution in [2.45, 2.75) is 37.9 Å². The van der Waals surface area contributed by atoms with E-state index in [0.717, 1.165) is 25.7 Å². The van der Waals surface area contributed by atoms with Crippen LogP contribution in [0.3, 0.4) is 0 Å². The predicted octanol–water partition coefficient (Wildman–Crippen LogP) is 1.11. The van der Waals surface area contributed by atoms with Crippen LogP contribution in [0.2, 0.25) is 0 Å². The summed E-state index contributed by atoms with van der Waals surface area (Å²) < 4.78 is 11.0. The van der Waals surface area contributed by atoms with Gasteiger partial charge >= 0.3 is 0 Å². The van der Waals surface area contributed by atoms with Crippen molar-refractivity contribution in [3.05, 3.63) is 22.7 Å². The number of hydrogen-bond donors (Lipinski definition) is 1. The summed E-state index contributed by atoms with van der Waals surface area (Å²) in [6.45, 7) is 0. The molecule has 2 rings (SSSR count). The molecule has 1 aromatic heterocycles. The van der Waals surface area contributed by atoms with Crippen molar-refractivity contribution in [2.24, 2.45) is 0 Å². The lowest BCUT2D eigenvalue weighted by molar-refractivity contribution is 0.0194. The van der Waals surface area contributed by atoms with E-state index in [9.17, 15) is 4.79 Å². The minimum Gasteiger partial charge on any atom is -0.474 e. The molecule has 0 saturated heterocycles. The van der Waals surface area contributed by atoms with Crippen molar-refractivity contribution < 1.29 is 9.47 Å². The number of H-pyrrole nitrogens is 1. The summed E-state index contributed by atoms with van der Waals surface area (Å²) in [5.41, 5.74) is -0.191. The fourth-order valence-electron chi connectivity index (χ4n) is 2.01. The molecule has 0 aliphatic heterocycles. The van der Waals surface area contributed by atoms with E-state index in [1.807, 2.05) is 0 Å². The maximum Gasteiger partial charge on any atom is 0.254 e. The van der Waals surface area contributed by atoms with Gasteiger partial charge in [-0.3, -0.25) is 4.79 Å². The summed E-state index contributed by atoms with van der Waals surface area (Å²) in [6.07, 6.45) is 5.76. The summed E-state index contributed by atoms with van der Waals surface area (Å²) in [6, 6.07) is 1.37. The first kappa shape index (κ1) is 11.1. The van der Waals surface area contributed by atoms with Crippen LogP contribution in [0, 0.1) is 0 Å². The third-order valence-electron chi connectivity index (χ3n) is 2.85. The molecule has 0 spiro atoms. The fraction of sp³-hybridized carbons (Fsp3) is 0.636. The second kappa shape index (κ2) is 5.12. The minimum absolute atomic E-state index is 0.105. The van der Waals surface area contributed by atoms with Gasteiger partial charge in [0.05, 0.1) is 18.5 Å². The first-order valence-electron chi connectivity index (χ1n) is 5.52. The largest absolute Gasteiger partial charge is 0.474 e. The molecule has 88 valence electrons. The van der Waals surface area contributed by atoms with Crippen molar-refractivity contribution in [2.75, 3.05) is 7.11 Å². The number of aromatic amines is 1. The molecule has 0 radical (unpaired) electrons. The SMILES string of the molecule is COC1CCCC(Oc2cc(=O)[nH]cn2)C1. The van der Waals surface area contributed by atoms with Gasteiger partial charge in [0, 0.05) is 13.5 Å². The smallest absolute Gasteiger partial charge is 0.254 e. The second-order valence-corrected chi connectivity index (χ2v) is 4.01. The minimum atomic E-state index is -0.191. The molecule has 5 heteroatoms. The number of rotatable bonds is 3. The van der Waals surface area contributed by atoms with Gasteiger partial charge in [0.15, 0.2) is 0 Å². The maximum atomic E-state index is 11.1. The Hall–Kier alpha value is -1.36. The Morgan fingerprint density at radius 1 is 1.44 bits per heavy atom. The van der Waals surface area contributed by atoms with Gasteiger partial charge in [-0.15, -0.1) is 0 Å². The number of hydrogen-bond acceptors (Lipinski definition) is 4. The Morgan fingerprint density at radius 2 is 2.25 bits per heavy atom. The lowest BCUT2D eigenvalue weighted by Crippen LogP contribution is -2.30. The number of nitrogens with one attached hydrogen (secondary N) is 1. The summed E-state index contributed by atoms with van der Waals surface area (Å²) in [5, 5.41) is 0. The van der Waals surface area contributed by atoms with E-state index >= 15 is 0 Å². The second-order valence-electron chi connectivity index (χ2n) is 4.01. The van der Waals surface area contributed by atoms with E-state index in [-0.39, 0.29) is 17.8 Å². The van der Waals surface area contributed by atoms with Crippen molar-refractivity contribution in [1.82, 2.24) is 9.97 Å². The Bertz CT molecular complexity index is 391. The van der Waals surface area contributed by atoms with Crippen LogP contribution < -0.4 is 10.3 Å². The van der Waals surface area contributed by atoms with E-state index in [1.165, 1.54) is 12.4 Å². The van der Waals surface area contributed by atoms with Crippen LogP contribution in [0.25, 0.3) is 0 Å². The molecule has 1 aliphatic carbocycles. The van der Waals surface area contributed by atoms with E-state index < -0.39 is 0 Å². The Kier molecular flexibility index (Phi) is 3.56. The van der Waals surface area contributed by atoms with E-state index in [2.05, 4.69) is 9.97 Å². The molecule has 1 heterocycles. The van der Waals surface area contributed by atoms with Gasteiger partial charge in [-0.25, -0.2) is 4.98 Å². The molecule has 1 aromatic rings. The molecular weight excluding hydrogens is 208 g/mol. The van der Waals surface area contributed by atoms with Gasteiger partial charge in [0.1, 0.15) is 6.10 Å². The standard InChI is InChI=1S/C11H16N2O3/c1-15-8-3-2-4-9(5-8)16-11-6-10(14)12-7-13-11/h6-9H,2-5H2,1H3,(H,12,13,14). The Labute approximate surface area is 93.8 Å². The highest BCUT2D eigenvalue weighted by Gasteiger charge is 2.23. The first-order valence-corrected chi connectivity index (χ1v) is 5.52. The third-order valence-corrected chi connectivity index (χ3v) is 2.85. The quantitative estimate of drug-likeness (QED) is 0.835. The fourth-order valence-corrected chi connectivity index (χ4v) is 2.01. The van der Waals surface area contributed by atoms with Crippen molar-refractivity contribution in [1.29, 1.82) is 0 Å². The highest BCUT2D eigenvalue weighted by molar-refractivity contribution is 5.05. The summed E-state index contributed by atoms with van der Waals surface area (Å²) in [7, 11) is 1.72. The monoisotopic (exact) mass is 224 g/mol. The van der Waals surface area contributed by atoms with Crippen LogP contribution in [0.4, 0.5) is 0 Å². The highest BCUT2D eigenvalue weighted by atomic mass is 16.5. The maximum absolute atomic E-state index is 11.1. The average molecular weight is 224 g/mol. The zero-order valence-electron chi connectivity index (χ0n) is 9.31. The highest BCUT2D eigenvalue weighted by Crippen LogP contribution is 2.23. The summed E-state index contributed by atoms with van der Waals surface area (Å²) in [5.74, 6) is 0.394. The van der Waals surface area contributed by atoms with Crippen molar-refractivity contribution in [3.8, 4) is 5.88 Å².